The molecule has 0 saturated carbocycles. The minimum absolute atomic E-state index is 0.0491. The molecular weight excluding hydrogens is 426 g/mol. The van der Waals surface area contributed by atoms with Crippen LogP contribution in [0, 0.1) is 11.8 Å². The number of hydrogen-bond donors (Lipinski definition) is 2. The van der Waals surface area contributed by atoms with E-state index in [-0.39, 0.29) is 17.7 Å². The van der Waals surface area contributed by atoms with Crippen molar-refractivity contribution >= 4 is 17.5 Å². The summed E-state index contributed by atoms with van der Waals surface area (Å²) in [5, 5.41) is 3.67. The second kappa shape index (κ2) is 11.5. The molecule has 4 rings (SSSR count). The van der Waals surface area contributed by atoms with Gasteiger partial charge in [-0.25, -0.2) is 0 Å². The predicted molar refractivity (Wildman–Crippen MR) is 136 cm³/mol. The van der Waals surface area contributed by atoms with Crippen LogP contribution in [0.25, 0.3) is 0 Å². The number of benzene rings is 1. The van der Waals surface area contributed by atoms with Crippen molar-refractivity contribution in [3.05, 3.63) is 29.8 Å². The Labute approximate surface area is 205 Å². The summed E-state index contributed by atoms with van der Waals surface area (Å²) >= 11 is 0. The van der Waals surface area contributed by atoms with E-state index in [1.807, 2.05) is 0 Å². The minimum atomic E-state index is -0.209. The highest BCUT2D eigenvalue weighted by Gasteiger charge is 2.36. The average molecular weight is 470 g/mol. The van der Waals surface area contributed by atoms with Crippen LogP contribution in [0.3, 0.4) is 0 Å². The third kappa shape index (κ3) is 6.30. The van der Waals surface area contributed by atoms with Crippen molar-refractivity contribution < 1.29 is 9.59 Å². The number of nitrogens with one attached hydrogen (secondary N) is 1. The van der Waals surface area contributed by atoms with E-state index in [1.165, 1.54) is 18.4 Å². The number of likely N-dealkylation sites (tertiary alicyclic amines) is 1. The molecule has 3 aliphatic heterocycles. The van der Waals surface area contributed by atoms with Crippen molar-refractivity contribution in [1.29, 1.82) is 0 Å². The number of carbonyl (C=O) groups excluding carboxylic acids is 2. The fraction of sp³-hybridized carbons (Fsp3) is 0.704. The van der Waals surface area contributed by atoms with Gasteiger partial charge in [-0.3, -0.25) is 19.4 Å². The molecule has 0 aliphatic carbocycles. The lowest BCUT2D eigenvalue weighted by atomic mass is 9.96. The molecule has 2 amide bonds. The number of amides is 2. The van der Waals surface area contributed by atoms with Gasteiger partial charge < -0.3 is 16.0 Å². The molecule has 2 bridgehead atoms. The summed E-state index contributed by atoms with van der Waals surface area (Å²) in [6.45, 7) is 10.0. The van der Waals surface area contributed by atoms with Gasteiger partial charge in [-0.05, 0) is 75.7 Å². The molecule has 7 nitrogen and oxygen atoms in total. The predicted octanol–water partition coefficient (Wildman–Crippen LogP) is 2.91. The Hall–Kier alpha value is -2.12. The van der Waals surface area contributed by atoms with E-state index < -0.39 is 0 Å². The van der Waals surface area contributed by atoms with Crippen molar-refractivity contribution in [2.45, 2.75) is 71.0 Å². The molecule has 0 aromatic heterocycles. The molecule has 1 aromatic rings. The maximum Gasteiger partial charge on any atom is 0.237 e. The summed E-state index contributed by atoms with van der Waals surface area (Å²) < 4.78 is 0. The lowest BCUT2D eigenvalue weighted by Crippen LogP contribution is -2.49. The van der Waals surface area contributed by atoms with Gasteiger partial charge in [-0.15, -0.1) is 0 Å². The first kappa shape index (κ1) is 25.0. The highest BCUT2D eigenvalue weighted by Crippen LogP contribution is 2.30. The molecule has 1 aromatic carbocycles. The third-order valence-electron chi connectivity index (χ3n) is 8.04. The van der Waals surface area contributed by atoms with Crippen LogP contribution in [-0.2, 0) is 16.1 Å². The number of anilines is 1. The summed E-state index contributed by atoms with van der Waals surface area (Å²) in [4.78, 5) is 32.2. The van der Waals surface area contributed by atoms with E-state index in [1.54, 1.807) is 0 Å². The number of nitrogens with two attached hydrogens (primary N) is 1. The Morgan fingerprint density at radius 1 is 1.06 bits per heavy atom. The van der Waals surface area contributed by atoms with Crippen LogP contribution in [0.15, 0.2) is 24.3 Å². The van der Waals surface area contributed by atoms with Gasteiger partial charge in [0.05, 0.1) is 6.54 Å². The first-order valence-corrected chi connectivity index (χ1v) is 13.3. The molecule has 2 fully saturated rings. The molecule has 2 saturated heterocycles. The van der Waals surface area contributed by atoms with Crippen molar-refractivity contribution in [3.8, 4) is 0 Å². The van der Waals surface area contributed by atoms with Gasteiger partial charge in [0.1, 0.15) is 0 Å². The number of para-hydroxylation sites is 1. The molecule has 7 heteroatoms. The normalized spacial score (nSPS) is 25.0. The van der Waals surface area contributed by atoms with Crippen molar-refractivity contribution in [3.63, 3.8) is 0 Å². The van der Waals surface area contributed by atoms with Crippen molar-refractivity contribution in [1.82, 2.24) is 14.7 Å². The number of nitrogens with zero attached hydrogens (tertiary/aromatic N) is 3. The number of piperidine rings is 1. The Kier molecular flexibility index (Phi) is 8.48. The van der Waals surface area contributed by atoms with Crippen LogP contribution >= 0.6 is 0 Å². The van der Waals surface area contributed by atoms with Gasteiger partial charge >= 0.3 is 0 Å². The second-order valence-corrected chi connectivity index (χ2v) is 10.9. The summed E-state index contributed by atoms with van der Waals surface area (Å²) in [6, 6.07) is 9.44. The average Bonchev–Trinajstić information content (AvgIpc) is 3.18. The molecule has 0 spiro atoms. The zero-order valence-corrected chi connectivity index (χ0v) is 21.0. The minimum Gasteiger partial charge on any atom is -0.385 e. The lowest BCUT2D eigenvalue weighted by molar-refractivity contribution is -0.134. The van der Waals surface area contributed by atoms with Crippen LogP contribution in [0.2, 0.25) is 0 Å². The monoisotopic (exact) mass is 469 g/mol. The summed E-state index contributed by atoms with van der Waals surface area (Å²) in [6.07, 6.45) is 6.23. The largest absolute Gasteiger partial charge is 0.385 e. The van der Waals surface area contributed by atoms with Crippen molar-refractivity contribution in [2.24, 2.45) is 17.6 Å². The summed E-state index contributed by atoms with van der Waals surface area (Å²) in [5.74, 6) is 0.617. The van der Waals surface area contributed by atoms with Gasteiger partial charge in [0, 0.05) is 43.3 Å². The van der Waals surface area contributed by atoms with E-state index in [0.29, 0.717) is 31.1 Å². The smallest absolute Gasteiger partial charge is 0.237 e. The van der Waals surface area contributed by atoms with Crippen LogP contribution in [0.1, 0.15) is 57.9 Å². The molecule has 188 valence electrons. The van der Waals surface area contributed by atoms with E-state index in [2.05, 4.69) is 58.1 Å². The topological polar surface area (TPSA) is 81.9 Å². The van der Waals surface area contributed by atoms with E-state index in [9.17, 15) is 9.59 Å². The van der Waals surface area contributed by atoms with E-state index >= 15 is 0 Å². The molecule has 3 aliphatic rings. The SMILES string of the molecule is CC(C)CCN1[C@H]2CCNc3ccccc3CN(C(=O)CN3CCC(C(N)=O)CC3)C[C@@H]1CC2. The fourth-order valence-electron chi connectivity index (χ4n) is 5.88. The maximum atomic E-state index is 13.6. The Morgan fingerprint density at radius 2 is 1.79 bits per heavy atom. The van der Waals surface area contributed by atoms with E-state index in [0.717, 1.165) is 64.1 Å². The molecule has 0 radical (unpaired) electrons. The van der Waals surface area contributed by atoms with Crippen LogP contribution < -0.4 is 11.1 Å². The zero-order valence-electron chi connectivity index (χ0n) is 21.0. The van der Waals surface area contributed by atoms with Crippen LogP contribution in [0.5, 0.6) is 0 Å². The van der Waals surface area contributed by atoms with Gasteiger partial charge in [0.25, 0.3) is 0 Å². The molecule has 0 unspecified atom stereocenters. The molecular formula is C27H43N5O2. The van der Waals surface area contributed by atoms with Gasteiger partial charge in [0.2, 0.25) is 11.8 Å². The number of rotatable bonds is 6. The third-order valence-corrected chi connectivity index (χ3v) is 8.04. The highest BCUT2D eigenvalue weighted by atomic mass is 16.2. The molecule has 3 heterocycles. The Bertz CT molecular complexity index is 836. The van der Waals surface area contributed by atoms with Crippen LogP contribution in [-0.4, -0.2) is 77.9 Å². The molecule has 34 heavy (non-hydrogen) atoms. The standard InChI is InChI=1S/C27H43N5O2/c1-20(2)10-16-32-23-7-8-24(32)18-31(17-22-5-3-4-6-25(22)29-13-9-23)26(33)19-30-14-11-21(12-15-30)27(28)34/h3-6,20-21,23-24,29H,7-19H2,1-2H3,(H2,28,34)/t23-,24+/m1/s1. The number of fused-ring (bicyclic) bond motifs is 3. The summed E-state index contributed by atoms with van der Waals surface area (Å²) in [5.41, 5.74) is 7.83. The van der Waals surface area contributed by atoms with Gasteiger partial charge in [-0.2, -0.15) is 0 Å². The first-order chi connectivity index (χ1) is 16.4. The van der Waals surface area contributed by atoms with E-state index in [4.69, 9.17) is 5.73 Å². The Balaban J connectivity index is 1.50. The first-order valence-electron chi connectivity index (χ1n) is 13.3. The van der Waals surface area contributed by atoms with Crippen LogP contribution in [0.4, 0.5) is 5.69 Å². The lowest BCUT2D eigenvalue weighted by Gasteiger charge is -2.36. The zero-order chi connectivity index (χ0) is 24.1. The fourth-order valence-corrected chi connectivity index (χ4v) is 5.88. The second-order valence-electron chi connectivity index (χ2n) is 10.9. The highest BCUT2D eigenvalue weighted by molar-refractivity contribution is 5.79. The van der Waals surface area contributed by atoms with Crippen molar-refractivity contribution in [2.75, 3.05) is 44.6 Å². The number of primary amides is 1. The molecule has 2 atom stereocenters. The maximum absolute atomic E-state index is 13.6. The summed E-state index contributed by atoms with van der Waals surface area (Å²) in [7, 11) is 0. The number of carbonyl (C=O) groups is 2. The Morgan fingerprint density at radius 3 is 2.53 bits per heavy atom. The van der Waals surface area contributed by atoms with Gasteiger partial charge in [-0.1, -0.05) is 32.0 Å². The number of hydrogen-bond acceptors (Lipinski definition) is 5. The molecule has 3 N–H and O–H groups in total. The van der Waals surface area contributed by atoms with Gasteiger partial charge in [0.15, 0.2) is 0 Å². The quantitative estimate of drug-likeness (QED) is 0.670.